The van der Waals surface area contributed by atoms with E-state index in [0.29, 0.717) is 29.6 Å². The van der Waals surface area contributed by atoms with E-state index in [4.69, 9.17) is 4.74 Å². The lowest BCUT2D eigenvalue weighted by Crippen LogP contribution is -2.30. The Labute approximate surface area is 166 Å². The number of anilines is 2. The molecule has 6 nitrogen and oxygen atoms in total. The molecule has 0 atom stereocenters. The van der Waals surface area contributed by atoms with E-state index >= 15 is 0 Å². The second-order valence-corrected chi connectivity index (χ2v) is 6.65. The fourth-order valence-electron chi connectivity index (χ4n) is 2.88. The third kappa shape index (κ3) is 6.01. The van der Waals surface area contributed by atoms with E-state index in [1.807, 2.05) is 31.2 Å². The Morgan fingerprint density at radius 2 is 1.64 bits per heavy atom. The van der Waals surface area contributed by atoms with Gasteiger partial charge in [-0.1, -0.05) is 0 Å². The minimum Gasteiger partial charge on any atom is -0.484 e. The van der Waals surface area contributed by atoms with Gasteiger partial charge in [0.25, 0.3) is 11.8 Å². The Morgan fingerprint density at radius 1 is 1.00 bits per heavy atom. The highest BCUT2D eigenvalue weighted by molar-refractivity contribution is 6.04. The van der Waals surface area contributed by atoms with Crippen molar-refractivity contribution in [3.05, 3.63) is 54.1 Å². The van der Waals surface area contributed by atoms with Crippen LogP contribution in [0.3, 0.4) is 0 Å². The first-order valence-corrected chi connectivity index (χ1v) is 9.62. The third-order valence-corrected chi connectivity index (χ3v) is 4.28. The summed E-state index contributed by atoms with van der Waals surface area (Å²) in [5.41, 5.74) is 2.36. The molecule has 150 valence electrons. The highest BCUT2D eigenvalue weighted by Crippen LogP contribution is 2.19. The Kier molecular flexibility index (Phi) is 7.87. The smallest absolute Gasteiger partial charge is 0.257 e. The fourth-order valence-corrected chi connectivity index (χ4v) is 2.88. The Bertz CT molecular complexity index is 771. The van der Waals surface area contributed by atoms with Crippen LogP contribution in [0.4, 0.5) is 11.4 Å². The second kappa shape index (κ2) is 10.3. The van der Waals surface area contributed by atoms with Crippen LogP contribution in [-0.2, 0) is 4.79 Å². The van der Waals surface area contributed by atoms with Gasteiger partial charge >= 0.3 is 0 Å². The minimum atomic E-state index is -0.171. The number of nitrogens with one attached hydrogen (secondary N) is 2. The first kappa shape index (κ1) is 21.3. The van der Waals surface area contributed by atoms with Gasteiger partial charge in [-0.3, -0.25) is 9.59 Å². The molecule has 2 aromatic rings. The summed E-state index contributed by atoms with van der Waals surface area (Å²) >= 11 is 0. The quantitative estimate of drug-likeness (QED) is 0.693. The maximum atomic E-state index is 12.5. The summed E-state index contributed by atoms with van der Waals surface area (Å²) in [6.45, 7) is 9.72. The van der Waals surface area contributed by atoms with Crippen molar-refractivity contribution < 1.29 is 14.3 Å². The average molecular weight is 383 g/mol. The van der Waals surface area contributed by atoms with Crippen LogP contribution in [0.1, 0.15) is 38.1 Å². The molecule has 0 aliphatic rings. The summed E-state index contributed by atoms with van der Waals surface area (Å²) in [6, 6.07) is 14.9. The molecule has 0 saturated heterocycles. The van der Waals surface area contributed by atoms with Crippen LogP contribution >= 0.6 is 0 Å². The molecular weight excluding hydrogens is 354 g/mol. The number of carbonyl (C=O) groups excluding carboxylic acids is 2. The first-order chi connectivity index (χ1) is 13.4. The molecule has 0 aliphatic carbocycles. The molecule has 0 bridgehead atoms. The highest BCUT2D eigenvalue weighted by atomic mass is 16.5. The predicted octanol–water partition coefficient (Wildman–Crippen LogP) is 3.69. The van der Waals surface area contributed by atoms with Crippen LogP contribution in [0.25, 0.3) is 0 Å². The van der Waals surface area contributed by atoms with Crippen molar-refractivity contribution >= 4 is 23.2 Å². The number of hydrogen-bond acceptors (Lipinski definition) is 4. The van der Waals surface area contributed by atoms with E-state index in [0.717, 1.165) is 12.2 Å². The number of benzene rings is 2. The summed E-state index contributed by atoms with van der Waals surface area (Å²) in [5.74, 6) is 0.236. The van der Waals surface area contributed by atoms with E-state index in [1.54, 1.807) is 24.3 Å². The molecule has 0 unspecified atom stereocenters. The monoisotopic (exact) mass is 383 g/mol. The largest absolute Gasteiger partial charge is 0.484 e. The number of rotatable bonds is 9. The Balaban J connectivity index is 1.94. The van der Waals surface area contributed by atoms with Gasteiger partial charge in [0, 0.05) is 36.1 Å². The van der Waals surface area contributed by atoms with E-state index in [-0.39, 0.29) is 18.4 Å². The van der Waals surface area contributed by atoms with Gasteiger partial charge in [0.15, 0.2) is 6.61 Å². The van der Waals surface area contributed by atoms with Crippen molar-refractivity contribution in [1.82, 2.24) is 5.32 Å². The molecule has 0 saturated carbocycles. The lowest BCUT2D eigenvalue weighted by molar-refractivity contribution is -0.122. The number of hydrogen-bond donors (Lipinski definition) is 2. The normalized spacial score (nSPS) is 10.5. The highest BCUT2D eigenvalue weighted by Gasteiger charge is 2.11. The molecule has 0 aromatic heterocycles. The summed E-state index contributed by atoms with van der Waals surface area (Å²) in [5, 5.41) is 5.54. The predicted molar refractivity (Wildman–Crippen MR) is 113 cm³/mol. The van der Waals surface area contributed by atoms with E-state index in [2.05, 4.69) is 36.3 Å². The van der Waals surface area contributed by atoms with Crippen molar-refractivity contribution in [3.8, 4) is 5.75 Å². The summed E-state index contributed by atoms with van der Waals surface area (Å²) in [4.78, 5) is 26.1. The van der Waals surface area contributed by atoms with Gasteiger partial charge in [-0.25, -0.2) is 0 Å². The van der Waals surface area contributed by atoms with E-state index in [9.17, 15) is 9.59 Å². The van der Waals surface area contributed by atoms with Crippen LogP contribution in [-0.4, -0.2) is 37.6 Å². The van der Waals surface area contributed by atoms with Crippen LogP contribution < -0.4 is 20.3 Å². The van der Waals surface area contributed by atoms with Gasteiger partial charge in [0.05, 0.1) is 0 Å². The van der Waals surface area contributed by atoms with E-state index in [1.165, 1.54) is 0 Å². The van der Waals surface area contributed by atoms with Crippen LogP contribution in [0, 0.1) is 0 Å². The molecule has 0 heterocycles. The van der Waals surface area contributed by atoms with Gasteiger partial charge in [-0.05, 0) is 76.2 Å². The van der Waals surface area contributed by atoms with E-state index < -0.39 is 0 Å². The van der Waals surface area contributed by atoms with Crippen molar-refractivity contribution in [2.24, 2.45) is 0 Å². The molecule has 2 N–H and O–H groups in total. The van der Waals surface area contributed by atoms with Gasteiger partial charge < -0.3 is 20.3 Å². The lowest BCUT2D eigenvalue weighted by Gasteiger charge is -2.27. The maximum Gasteiger partial charge on any atom is 0.257 e. The molecule has 0 fully saturated rings. The maximum absolute atomic E-state index is 12.5. The topological polar surface area (TPSA) is 70.7 Å². The van der Waals surface area contributed by atoms with Crippen molar-refractivity contribution in [1.29, 1.82) is 0 Å². The molecule has 6 heteroatoms. The summed E-state index contributed by atoms with van der Waals surface area (Å²) in [6.07, 6.45) is 0. The number of nitrogens with zero attached hydrogens (tertiary/aromatic N) is 1. The molecular formula is C22H29N3O3. The van der Waals surface area contributed by atoms with Crippen molar-refractivity contribution in [3.63, 3.8) is 0 Å². The van der Waals surface area contributed by atoms with Crippen molar-refractivity contribution in [2.75, 3.05) is 29.9 Å². The zero-order valence-electron chi connectivity index (χ0n) is 17.0. The second-order valence-electron chi connectivity index (χ2n) is 6.65. The Morgan fingerprint density at radius 3 is 2.18 bits per heavy atom. The summed E-state index contributed by atoms with van der Waals surface area (Å²) in [7, 11) is 0. The summed E-state index contributed by atoms with van der Waals surface area (Å²) < 4.78 is 5.40. The van der Waals surface area contributed by atoms with Crippen LogP contribution in [0.2, 0.25) is 0 Å². The fraction of sp³-hybridized carbons (Fsp3) is 0.364. The average Bonchev–Trinajstić information content (AvgIpc) is 2.68. The SMILES string of the molecule is CCNC(=O)COc1ccc(NC(=O)c2ccc(N(CC)C(C)C)cc2)cc1. The third-order valence-electron chi connectivity index (χ3n) is 4.28. The minimum absolute atomic E-state index is 0.0307. The van der Waals surface area contributed by atoms with Crippen molar-refractivity contribution in [2.45, 2.75) is 33.7 Å². The van der Waals surface area contributed by atoms with Gasteiger partial charge in [-0.15, -0.1) is 0 Å². The zero-order valence-corrected chi connectivity index (χ0v) is 17.0. The number of likely N-dealkylation sites (N-methyl/N-ethyl adjacent to an activating group) is 1. The van der Waals surface area contributed by atoms with Gasteiger partial charge in [0.1, 0.15) is 5.75 Å². The molecule has 2 amide bonds. The number of ether oxygens (including phenoxy) is 1. The number of carbonyl (C=O) groups is 2. The molecule has 0 spiro atoms. The van der Waals surface area contributed by atoms with Gasteiger partial charge in [-0.2, -0.15) is 0 Å². The molecule has 0 radical (unpaired) electrons. The standard InChI is InChI=1S/C22H29N3O3/c1-5-23-21(26)15-28-20-13-9-18(10-14-20)24-22(27)17-7-11-19(12-8-17)25(6-2)16(3)4/h7-14,16H,5-6,15H2,1-4H3,(H,23,26)(H,24,27). The molecule has 0 aliphatic heterocycles. The molecule has 2 rings (SSSR count). The van der Waals surface area contributed by atoms with Gasteiger partial charge in [0.2, 0.25) is 0 Å². The number of amides is 2. The lowest BCUT2D eigenvalue weighted by atomic mass is 10.1. The molecule has 2 aromatic carbocycles. The first-order valence-electron chi connectivity index (χ1n) is 9.62. The molecule has 28 heavy (non-hydrogen) atoms. The van der Waals surface area contributed by atoms with Crippen LogP contribution in [0.5, 0.6) is 5.75 Å². The zero-order chi connectivity index (χ0) is 20.5. The Hall–Kier alpha value is -3.02. The van der Waals surface area contributed by atoms with Crippen LogP contribution in [0.15, 0.2) is 48.5 Å².